The lowest BCUT2D eigenvalue weighted by atomic mass is 10.1. The minimum Gasteiger partial charge on any atom is -0.383 e. The van der Waals surface area contributed by atoms with Crippen LogP contribution in [-0.4, -0.2) is 23.3 Å². The van der Waals surface area contributed by atoms with Crippen molar-refractivity contribution in [3.8, 4) is 0 Å². The second-order valence-corrected chi connectivity index (χ2v) is 7.32. The van der Waals surface area contributed by atoms with Crippen molar-refractivity contribution < 1.29 is 17.9 Å². The number of benzene rings is 2. The van der Waals surface area contributed by atoms with Crippen molar-refractivity contribution in [3.63, 3.8) is 0 Å². The number of thioether (sulfide) groups is 1. The zero-order chi connectivity index (χ0) is 20.3. The highest BCUT2D eigenvalue weighted by Crippen LogP contribution is 2.31. The van der Waals surface area contributed by atoms with Gasteiger partial charge in [0.25, 0.3) is 5.56 Å². The lowest BCUT2D eigenvalue weighted by Gasteiger charge is -2.19. The summed E-state index contributed by atoms with van der Waals surface area (Å²) in [4.78, 5) is 17.5. The molecule has 2 aromatic carbocycles. The molecule has 4 nitrogen and oxygen atoms in total. The molecule has 0 amide bonds. The number of hydrogen-bond donors (Lipinski definition) is 0. The molecule has 0 spiro atoms. The third kappa shape index (κ3) is 4.39. The van der Waals surface area contributed by atoms with Crippen LogP contribution in [0.5, 0.6) is 0 Å². The van der Waals surface area contributed by atoms with Gasteiger partial charge in [-0.2, -0.15) is 13.2 Å². The lowest BCUT2D eigenvalue weighted by Crippen LogP contribution is -2.28. The van der Waals surface area contributed by atoms with Gasteiger partial charge in [0.1, 0.15) is 0 Å². The van der Waals surface area contributed by atoms with E-state index in [1.54, 1.807) is 42.0 Å². The number of halogens is 3. The maximum Gasteiger partial charge on any atom is 0.416 e. The van der Waals surface area contributed by atoms with E-state index in [0.29, 0.717) is 28.2 Å². The van der Waals surface area contributed by atoms with Crippen LogP contribution in [0.25, 0.3) is 10.9 Å². The van der Waals surface area contributed by atoms with Crippen molar-refractivity contribution in [1.82, 2.24) is 9.55 Å². The molecule has 0 saturated carbocycles. The summed E-state index contributed by atoms with van der Waals surface area (Å²) in [7, 11) is 1.55. The van der Waals surface area contributed by atoms with Crippen LogP contribution in [0.15, 0.2) is 58.5 Å². The Morgan fingerprint density at radius 2 is 1.93 bits per heavy atom. The highest BCUT2D eigenvalue weighted by molar-refractivity contribution is 7.98. The summed E-state index contributed by atoms with van der Waals surface area (Å²) < 4.78 is 45.5. The maximum atomic E-state index is 13.0. The summed E-state index contributed by atoms with van der Waals surface area (Å²) in [5.74, 6) is 0.258. The molecule has 28 heavy (non-hydrogen) atoms. The topological polar surface area (TPSA) is 44.1 Å². The first-order valence-electron chi connectivity index (χ1n) is 8.60. The molecule has 3 rings (SSSR count). The second kappa shape index (κ2) is 8.36. The summed E-state index contributed by atoms with van der Waals surface area (Å²) in [5, 5.41) is 0.944. The van der Waals surface area contributed by atoms with E-state index in [2.05, 4.69) is 4.98 Å². The van der Waals surface area contributed by atoms with Crippen LogP contribution in [0, 0.1) is 0 Å². The first kappa shape index (κ1) is 20.4. The Morgan fingerprint density at radius 1 is 1.18 bits per heavy atom. The van der Waals surface area contributed by atoms with Gasteiger partial charge in [0.05, 0.1) is 29.1 Å². The number of hydrogen-bond acceptors (Lipinski definition) is 4. The minimum atomic E-state index is -4.39. The molecule has 1 heterocycles. The standard InChI is InChI=1S/C20H19F3N2O2S/c1-13(11-27-2)25-18(26)16-8-3-4-9-17(16)24-19(25)28-12-14-6-5-7-15(10-14)20(21,22)23/h3-10,13H,11-12H2,1-2H3/t13-/m0/s1. The molecule has 0 unspecified atom stereocenters. The molecule has 0 aliphatic heterocycles. The third-order valence-electron chi connectivity index (χ3n) is 4.25. The summed E-state index contributed by atoms with van der Waals surface area (Å²) >= 11 is 1.23. The van der Waals surface area contributed by atoms with Gasteiger partial charge in [-0.15, -0.1) is 0 Å². The number of ether oxygens (including phenoxy) is 1. The Balaban J connectivity index is 1.98. The molecule has 1 aromatic heterocycles. The molecular formula is C20H19F3N2O2S. The predicted octanol–water partition coefficient (Wildman–Crippen LogP) is 4.92. The van der Waals surface area contributed by atoms with Crippen molar-refractivity contribution in [2.75, 3.05) is 13.7 Å². The molecule has 0 saturated heterocycles. The SMILES string of the molecule is COC[C@H](C)n1c(SCc2cccc(C(F)(F)F)c2)nc2ccccc2c1=O. The van der Waals surface area contributed by atoms with Gasteiger partial charge in [-0.3, -0.25) is 9.36 Å². The summed E-state index contributed by atoms with van der Waals surface area (Å²) in [6.45, 7) is 2.16. The van der Waals surface area contributed by atoms with Gasteiger partial charge in [0.15, 0.2) is 5.16 Å². The minimum absolute atomic E-state index is 0.193. The third-order valence-corrected chi connectivity index (χ3v) is 5.27. The summed E-state index contributed by atoms with van der Waals surface area (Å²) in [5.41, 5.74) is 0.178. The molecule has 0 bridgehead atoms. The Morgan fingerprint density at radius 3 is 2.64 bits per heavy atom. The number of fused-ring (bicyclic) bond motifs is 1. The van der Waals surface area contributed by atoms with Gasteiger partial charge in [-0.25, -0.2) is 4.98 Å². The Labute approximate surface area is 164 Å². The van der Waals surface area contributed by atoms with Gasteiger partial charge in [0.2, 0.25) is 0 Å². The number of aromatic nitrogens is 2. The summed E-state index contributed by atoms with van der Waals surface area (Å²) in [6.07, 6.45) is -4.39. The second-order valence-electron chi connectivity index (χ2n) is 6.38. The molecule has 0 aliphatic rings. The van der Waals surface area contributed by atoms with Crippen molar-refractivity contribution in [2.45, 2.75) is 30.1 Å². The van der Waals surface area contributed by atoms with Crippen LogP contribution in [-0.2, 0) is 16.7 Å². The maximum absolute atomic E-state index is 13.0. The largest absolute Gasteiger partial charge is 0.416 e. The van der Waals surface area contributed by atoms with Crippen LogP contribution in [0.3, 0.4) is 0 Å². The molecule has 0 radical (unpaired) electrons. The van der Waals surface area contributed by atoms with E-state index in [4.69, 9.17) is 4.74 Å². The number of nitrogens with zero attached hydrogens (tertiary/aromatic N) is 2. The van der Waals surface area contributed by atoms with E-state index in [9.17, 15) is 18.0 Å². The van der Waals surface area contributed by atoms with Crippen LogP contribution < -0.4 is 5.56 Å². The average Bonchev–Trinajstić information content (AvgIpc) is 2.66. The number of alkyl halides is 3. The van der Waals surface area contributed by atoms with Crippen molar-refractivity contribution >= 4 is 22.7 Å². The molecule has 148 valence electrons. The fraction of sp³-hybridized carbons (Fsp3) is 0.300. The van der Waals surface area contributed by atoms with Crippen molar-refractivity contribution in [1.29, 1.82) is 0 Å². The summed E-state index contributed by atoms with van der Waals surface area (Å²) in [6, 6.07) is 11.9. The fourth-order valence-corrected chi connectivity index (χ4v) is 3.96. The predicted molar refractivity (Wildman–Crippen MR) is 104 cm³/mol. The van der Waals surface area contributed by atoms with Gasteiger partial charge in [-0.1, -0.05) is 42.1 Å². The fourth-order valence-electron chi connectivity index (χ4n) is 2.92. The van der Waals surface area contributed by atoms with E-state index in [0.717, 1.165) is 12.1 Å². The van der Waals surface area contributed by atoms with Crippen LogP contribution in [0.2, 0.25) is 0 Å². The monoisotopic (exact) mass is 408 g/mol. The molecule has 8 heteroatoms. The molecule has 3 aromatic rings. The Hall–Kier alpha value is -2.32. The van der Waals surface area contributed by atoms with Gasteiger partial charge in [-0.05, 0) is 30.7 Å². The molecule has 0 N–H and O–H groups in total. The first-order valence-corrected chi connectivity index (χ1v) is 9.59. The number of rotatable bonds is 6. The van der Waals surface area contributed by atoms with Crippen LogP contribution in [0.4, 0.5) is 13.2 Å². The van der Waals surface area contributed by atoms with Gasteiger partial charge >= 0.3 is 6.18 Å². The number of para-hydroxylation sites is 1. The van der Waals surface area contributed by atoms with E-state index >= 15 is 0 Å². The van der Waals surface area contributed by atoms with E-state index < -0.39 is 11.7 Å². The zero-order valence-electron chi connectivity index (χ0n) is 15.4. The van der Waals surface area contributed by atoms with Crippen LogP contribution >= 0.6 is 11.8 Å². The zero-order valence-corrected chi connectivity index (χ0v) is 16.2. The van der Waals surface area contributed by atoms with Crippen molar-refractivity contribution in [3.05, 3.63) is 70.0 Å². The van der Waals surface area contributed by atoms with E-state index in [1.165, 1.54) is 17.8 Å². The first-order chi connectivity index (χ1) is 13.3. The Bertz CT molecular complexity index is 1030. The van der Waals surface area contributed by atoms with E-state index in [1.807, 2.05) is 6.92 Å². The number of methoxy groups -OCH3 is 1. The lowest BCUT2D eigenvalue weighted by molar-refractivity contribution is -0.137. The van der Waals surface area contributed by atoms with Gasteiger partial charge < -0.3 is 4.74 Å². The highest BCUT2D eigenvalue weighted by atomic mass is 32.2. The smallest absolute Gasteiger partial charge is 0.383 e. The van der Waals surface area contributed by atoms with Crippen molar-refractivity contribution in [2.24, 2.45) is 0 Å². The molecule has 0 fully saturated rings. The molecular weight excluding hydrogens is 389 g/mol. The quantitative estimate of drug-likeness (QED) is 0.429. The van der Waals surface area contributed by atoms with Crippen LogP contribution in [0.1, 0.15) is 24.1 Å². The highest BCUT2D eigenvalue weighted by Gasteiger charge is 2.30. The van der Waals surface area contributed by atoms with Gasteiger partial charge in [0, 0.05) is 12.9 Å². The molecule has 1 atom stereocenters. The molecule has 0 aliphatic carbocycles. The normalized spacial score (nSPS) is 13.0. The Kier molecular flexibility index (Phi) is 6.10. The average molecular weight is 408 g/mol. The van der Waals surface area contributed by atoms with E-state index in [-0.39, 0.29) is 17.4 Å².